The van der Waals surface area contributed by atoms with Crippen molar-refractivity contribution in [2.45, 2.75) is 17.7 Å². The summed E-state index contributed by atoms with van der Waals surface area (Å²) in [6.45, 7) is -0.484. The zero-order valence-electron chi connectivity index (χ0n) is 18.7. The number of nitrogens with zero attached hydrogens (tertiary/aromatic N) is 2. The van der Waals surface area contributed by atoms with E-state index in [1.165, 1.54) is 28.6 Å². The SMILES string of the molecule is O=C(CN(c1ccccc1Cl)S(=O)(=O)c1ccccc1)N/N=C\c1ccc2c3c(cccc13)CC2. The largest absolute Gasteiger partial charge is 0.271 e. The Labute approximate surface area is 208 Å². The molecule has 0 heterocycles. The molecule has 1 aliphatic rings. The van der Waals surface area contributed by atoms with Gasteiger partial charge in [-0.05, 0) is 59.0 Å². The van der Waals surface area contributed by atoms with Crippen LogP contribution in [0.4, 0.5) is 5.69 Å². The lowest BCUT2D eigenvalue weighted by molar-refractivity contribution is -0.119. The fourth-order valence-corrected chi connectivity index (χ4v) is 6.14. The highest BCUT2D eigenvalue weighted by Gasteiger charge is 2.28. The van der Waals surface area contributed by atoms with Gasteiger partial charge in [0.15, 0.2) is 0 Å². The maximum Gasteiger partial charge on any atom is 0.264 e. The molecule has 1 N–H and O–H groups in total. The Hall–Kier alpha value is -3.68. The minimum absolute atomic E-state index is 0.0594. The topological polar surface area (TPSA) is 78.8 Å². The van der Waals surface area contributed by atoms with Crippen molar-refractivity contribution >= 4 is 50.2 Å². The van der Waals surface area contributed by atoms with Gasteiger partial charge >= 0.3 is 0 Å². The lowest BCUT2D eigenvalue weighted by Gasteiger charge is -2.24. The normalized spacial score (nSPS) is 12.8. The van der Waals surface area contributed by atoms with Crippen molar-refractivity contribution in [3.05, 3.63) is 107 Å². The van der Waals surface area contributed by atoms with Crippen molar-refractivity contribution in [3.8, 4) is 0 Å². The number of carbonyl (C=O) groups excluding carboxylic acids is 1. The third-order valence-electron chi connectivity index (χ3n) is 6.04. The molecule has 0 aromatic heterocycles. The Morgan fingerprint density at radius 2 is 1.63 bits per heavy atom. The summed E-state index contributed by atoms with van der Waals surface area (Å²) >= 11 is 6.30. The van der Waals surface area contributed by atoms with E-state index < -0.39 is 22.5 Å². The number of rotatable bonds is 7. The van der Waals surface area contributed by atoms with Gasteiger partial charge in [-0.15, -0.1) is 0 Å². The van der Waals surface area contributed by atoms with E-state index in [1.54, 1.807) is 48.7 Å². The molecule has 5 rings (SSSR count). The first-order chi connectivity index (χ1) is 16.9. The van der Waals surface area contributed by atoms with E-state index in [4.69, 9.17) is 11.6 Å². The minimum atomic E-state index is -4.04. The van der Waals surface area contributed by atoms with Crippen LogP contribution in [0.3, 0.4) is 0 Å². The summed E-state index contributed by atoms with van der Waals surface area (Å²) < 4.78 is 27.8. The predicted molar refractivity (Wildman–Crippen MR) is 140 cm³/mol. The number of carbonyl (C=O) groups is 1. The highest BCUT2D eigenvalue weighted by Crippen LogP contribution is 2.32. The number of hydrogen-bond acceptors (Lipinski definition) is 4. The fourth-order valence-electron chi connectivity index (χ4n) is 4.39. The highest BCUT2D eigenvalue weighted by molar-refractivity contribution is 7.92. The van der Waals surface area contributed by atoms with Crippen molar-refractivity contribution in [2.75, 3.05) is 10.8 Å². The molecule has 0 atom stereocenters. The Morgan fingerprint density at radius 3 is 2.40 bits per heavy atom. The van der Waals surface area contributed by atoms with Crippen LogP contribution >= 0.6 is 11.6 Å². The summed E-state index contributed by atoms with van der Waals surface area (Å²) in [7, 11) is -4.04. The van der Waals surface area contributed by atoms with Crippen LogP contribution < -0.4 is 9.73 Å². The average molecular weight is 504 g/mol. The molecular formula is C27H22ClN3O3S. The Balaban J connectivity index is 1.39. The molecular weight excluding hydrogens is 482 g/mol. The van der Waals surface area contributed by atoms with Gasteiger partial charge in [0.2, 0.25) is 0 Å². The first-order valence-electron chi connectivity index (χ1n) is 11.1. The van der Waals surface area contributed by atoms with Crippen LogP contribution in [0.5, 0.6) is 0 Å². The van der Waals surface area contributed by atoms with Gasteiger partial charge in [0.1, 0.15) is 6.54 Å². The molecule has 0 spiro atoms. The number of halogens is 1. The van der Waals surface area contributed by atoms with Crippen LogP contribution in [0.1, 0.15) is 16.7 Å². The fraction of sp³-hybridized carbons (Fsp3) is 0.111. The van der Waals surface area contributed by atoms with Crippen LogP contribution in [0.25, 0.3) is 10.8 Å². The Morgan fingerprint density at radius 1 is 0.914 bits per heavy atom. The number of nitrogens with one attached hydrogen (secondary N) is 1. The van der Waals surface area contributed by atoms with Crippen LogP contribution in [0, 0.1) is 0 Å². The minimum Gasteiger partial charge on any atom is -0.271 e. The summed E-state index contributed by atoms with van der Waals surface area (Å²) in [4.78, 5) is 12.9. The molecule has 4 aromatic carbocycles. The average Bonchev–Trinajstić information content (AvgIpc) is 3.30. The first kappa shape index (κ1) is 23.1. The van der Waals surface area contributed by atoms with Gasteiger partial charge in [0.25, 0.3) is 15.9 Å². The molecule has 1 amide bonds. The van der Waals surface area contributed by atoms with E-state index >= 15 is 0 Å². The molecule has 0 saturated heterocycles. The molecule has 176 valence electrons. The number of aryl methyl sites for hydroxylation is 2. The molecule has 4 aromatic rings. The summed E-state index contributed by atoms with van der Waals surface area (Å²) in [6.07, 6.45) is 3.64. The number of hydrogen-bond donors (Lipinski definition) is 1. The lowest BCUT2D eigenvalue weighted by Crippen LogP contribution is -2.39. The smallest absolute Gasteiger partial charge is 0.264 e. The van der Waals surface area contributed by atoms with Crippen molar-refractivity contribution in [3.63, 3.8) is 0 Å². The number of para-hydroxylation sites is 1. The number of sulfonamides is 1. The maximum absolute atomic E-state index is 13.4. The Bertz CT molecular complexity index is 1540. The van der Waals surface area contributed by atoms with Gasteiger partial charge in [-0.25, -0.2) is 13.8 Å². The second-order valence-corrected chi connectivity index (χ2v) is 10.5. The van der Waals surface area contributed by atoms with Gasteiger partial charge < -0.3 is 0 Å². The molecule has 1 aliphatic carbocycles. The molecule has 35 heavy (non-hydrogen) atoms. The summed E-state index contributed by atoms with van der Waals surface area (Å²) in [6, 6.07) is 24.7. The van der Waals surface area contributed by atoms with Gasteiger partial charge in [-0.1, -0.05) is 72.3 Å². The standard InChI is InChI=1S/C27H22ClN3O3S/c28-24-11-4-5-12-25(24)31(35(33,34)22-8-2-1-3-9-22)18-26(32)30-29-17-21-16-15-20-14-13-19-7-6-10-23(21)27(19)20/h1-12,15-17H,13-14,18H2,(H,30,32)/b29-17-. The van der Waals surface area contributed by atoms with Crippen LogP contribution in [-0.2, 0) is 27.7 Å². The van der Waals surface area contributed by atoms with E-state index in [1.807, 2.05) is 18.2 Å². The lowest BCUT2D eigenvalue weighted by atomic mass is 10.0. The maximum atomic E-state index is 13.4. The number of amides is 1. The third-order valence-corrected chi connectivity index (χ3v) is 8.14. The summed E-state index contributed by atoms with van der Waals surface area (Å²) in [5.74, 6) is -0.591. The van der Waals surface area contributed by atoms with E-state index in [0.29, 0.717) is 0 Å². The zero-order valence-corrected chi connectivity index (χ0v) is 20.3. The van der Waals surface area contributed by atoms with Crippen molar-refractivity contribution < 1.29 is 13.2 Å². The van der Waals surface area contributed by atoms with E-state index in [9.17, 15) is 13.2 Å². The van der Waals surface area contributed by atoms with Gasteiger partial charge in [0, 0.05) is 5.56 Å². The molecule has 0 fully saturated rings. The van der Waals surface area contributed by atoms with Gasteiger partial charge in [-0.3, -0.25) is 9.10 Å². The van der Waals surface area contributed by atoms with Crippen LogP contribution in [0.2, 0.25) is 5.02 Å². The van der Waals surface area contributed by atoms with Crippen LogP contribution in [0.15, 0.2) is 94.9 Å². The monoisotopic (exact) mass is 503 g/mol. The molecule has 0 aliphatic heterocycles. The van der Waals surface area contributed by atoms with Crippen molar-refractivity contribution in [1.82, 2.24) is 5.43 Å². The zero-order chi connectivity index (χ0) is 24.4. The molecule has 0 bridgehead atoms. The predicted octanol–water partition coefficient (Wildman–Crippen LogP) is 4.94. The Kier molecular flexibility index (Phi) is 6.28. The molecule has 6 nitrogen and oxygen atoms in total. The number of benzene rings is 4. The molecule has 0 radical (unpaired) electrons. The molecule has 8 heteroatoms. The van der Waals surface area contributed by atoms with E-state index in [-0.39, 0.29) is 15.6 Å². The molecule has 0 unspecified atom stereocenters. The second kappa shape index (κ2) is 9.52. The van der Waals surface area contributed by atoms with E-state index in [0.717, 1.165) is 28.1 Å². The highest BCUT2D eigenvalue weighted by atomic mass is 35.5. The third kappa shape index (κ3) is 4.52. The van der Waals surface area contributed by atoms with Crippen molar-refractivity contribution in [1.29, 1.82) is 0 Å². The first-order valence-corrected chi connectivity index (χ1v) is 12.9. The van der Waals surface area contributed by atoms with Crippen molar-refractivity contribution in [2.24, 2.45) is 5.10 Å². The summed E-state index contributed by atoms with van der Waals surface area (Å²) in [5.41, 5.74) is 6.20. The quantitative estimate of drug-likeness (QED) is 0.286. The summed E-state index contributed by atoms with van der Waals surface area (Å²) in [5, 5.41) is 6.67. The van der Waals surface area contributed by atoms with Gasteiger partial charge in [0.05, 0.1) is 21.8 Å². The molecule has 0 saturated carbocycles. The number of hydrazone groups is 1. The second-order valence-electron chi connectivity index (χ2n) is 8.22. The number of anilines is 1. The van der Waals surface area contributed by atoms with E-state index in [2.05, 4.69) is 22.7 Å². The van der Waals surface area contributed by atoms with Gasteiger partial charge in [-0.2, -0.15) is 5.10 Å². The van der Waals surface area contributed by atoms with Crippen LogP contribution in [-0.4, -0.2) is 27.1 Å².